The summed E-state index contributed by atoms with van der Waals surface area (Å²) in [7, 11) is 0. The Kier molecular flexibility index (Phi) is 4.50. The number of hydrogen-bond acceptors (Lipinski definition) is 2. The van der Waals surface area contributed by atoms with Crippen molar-refractivity contribution in [1.82, 2.24) is 9.78 Å². The zero-order valence-electron chi connectivity index (χ0n) is 13.9. The Morgan fingerprint density at radius 3 is 2.76 bits per heavy atom. The first-order valence-corrected chi connectivity index (χ1v) is 9.22. The molecule has 3 atom stereocenters. The van der Waals surface area contributed by atoms with Crippen LogP contribution >= 0.6 is 11.6 Å². The van der Waals surface area contributed by atoms with Gasteiger partial charge >= 0.3 is 0 Å². The summed E-state index contributed by atoms with van der Waals surface area (Å²) in [6, 6.07) is 6.24. The summed E-state index contributed by atoms with van der Waals surface area (Å²) in [5.41, 5.74) is 0.917. The van der Waals surface area contributed by atoms with Crippen molar-refractivity contribution in [3.63, 3.8) is 0 Å². The molecule has 0 radical (unpaired) electrons. The SMILES string of the molecule is O=C(CC1CC2CCC1C2)Nc1nn(Cc2ccc(F)cc2)cc1Cl. The van der Waals surface area contributed by atoms with Crippen LogP contribution in [0.2, 0.25) is 5.02 Å². The highest BCUT2D eigenvalue weighted by atomic mass is 35.5. The highest BCUT2D eigenvalue weighted by molar-refractivity contribution is 6.33. The van der Waals surface area contributed by atoms with Gasteiger partial charge in [-0.2, -0.15) is 5.10 Å². The van der Waals surface area contributed by atoms with E-state index in [0.29, 0.717) is 29.7 Å². The van der Waals surface area contributed by atoms with Crippen LogP contribution in [-0.2, 0) is 11.3 Å². The molecule has 4 nitrogen and oxygen atoms in total. The van der Waals surface area contributed by atoms with E-state index < -0.39 is 0 Å². The first-order chi connectivity index (χ1) is 12.1. The average Bonchev–Trinajstić information content (AvgIpc) is 3.26. The number of aromatic nitrogens is 2. The van der Waals surface area contributed by atoms with E-state index in [2.05, 4.69) is 10.4 Å². The fourth-order valence-corrected chi connectivity index (χ4v) is 4.59. The smallest absolute Gasteiger partial charge is 0.225 e. The minimum absolute atomic E-state index is 0.00789. The van der Waals surface area contributed by atoms with Gasteiger partial charge in [0, 0.05) is 12.6 Å². The van der Waals surface area contributed by atoms with E-state index in [1.165, 1.54) is 37.8 Å². The predicted octanol–water partition coefficient (Wildman–Crippen LogP) is 4.49. The lowest BCUT2D eigenvalue weighted by molar-refractivity contribution is -0.117. The van der Waals surface area contributed by atoms with Crippen LogP contribution in [0.5, 0.6) is 0 Å². The van der Waals surface area contributed by atoms with Crippen molar-refractivity contribution in [2.75, 3.05) is 5.32 Å². The molecule has 0 saturated heterocycles. The number of benzene rings is 1. The van der Waals surface area contributed by atoms with E-state index in [9.17, 15) is 9.18 Å². The summed E-state index contributed by atoms with van der Waals surface area (Å²) >= 11 is 6.20. The third-order valence-electron chi connectivity index (χ3n) is 5.56. The number of amides is 1. The Bertz CT molecular complexity index is 773. The lowest BCUT2D eigenvalue weighted by atomic mass is 9.86. The molecule has 2 aliphatic carbocycles. The van der Waals surface area contributed by atoms with Gasteiger partial charge in [0.2, 0.25) is 5.91 Å². The zero-order valence-corrected chi connectivity index (χ0v) is 14.7. The number of fused-ring (bicyclic) bond motifs is 2. The summed E-state index contributed by atoms with van der Waals surface area (Å²) in [5.74, 6) is 2.20. The second kappa shape index (κ2) is 6.79. The van der Waals surface area contributed by atoms with Crippen LogP contribution in [0.3, 0.4) is 0 Å². The number of anilines is 1. The quantitative estimate of drug-likeness (QED) is 0.852. The van der Waals surface area contributed by atoms with Gasteiger partial charge in [0.1, 0.15) is 10.8 Å². The van der Waals surface area contributed by atoms with Crippen LogP contribution in [0.4, 0.5) is 10.2 Å². The Hall–Kier alpha value is -1.88. The Balaban J connectivity index is 1.36. The molecule has 25 heavy (non-hydrogen) atoms. The first-order valence-electron chi connectivity index (χ1n) is 8.84. The van der Waals surface area contributed by atoms with Gasteiger partial charge in [0.15, 0.2) is 5.82 Å². The van der Waals surface area contributed by atoms with Gasteiger partial charge < -0.3 is 5.32 Å². The van der Waals surface area contributed by atoms with Crippen molar-refractivity contribution in [1.29, 1.82) is 0 Å². The normalized spacial score (nSPS) is 24.6. The number of carbonyl (C=O) groups is 1. The average molecular weight is 362 g/mol. The van der Waals surface area contributed by atoms with Crippen molar-refractivity contribution in [3.05, 3.63) is 46.9 Å². The number of hydrogen-bond donors (Lipinski definition) is 1. The van der Waals surface area contributed by atoms with Gasteiger partial charge in [0.25, 0.3) is 0 Å². The van der Waals surface area contributed by atoms with Crippen molar-refractivity contribution in [2.24, 2.45) is 17.8 Å². The van der Waals surface area contributed by atoms with Gasteiger partial charge in [-0.1, -0.05) is 30.2 Å². The van der Waals surface area contributed by atoms with Crippen molar-refractivity contribution >= 4 is 23.3 Å². The molecule has 1 aromatic heterocycles. The molecule has 2 saturated carbocycles. The molecule has 4 rings (SSSR count). The standard InChI is InChI=1S/C19H21ClFN3O/c20-17-11-24(10-12-2-5-16(21)6-3-12)23-19(17)22-18(25)9-15-8-13-1-4-14(15)7-13/h2-3,5-6,11,13-15H,1,4,7-10H2,(H,22,23,25). The van der Waals surface area contributed by atoms with E-state index in [1.54, 1.807) is 23.0 Å². The molecule has 1 aromatic carbocycles. The maximum atomic E-state index is 13.0. The molecule has 0 aliphatic heterocycles. The second-order valence-electron chi connectivity index (χ2n) is 7.34. The van der Waals surface area contributed by atoms with E-state index >= 15 is 0 Å². The third-order valence-corrected chi connectivity index (χ3v) is 5.84. The van der Waals surface area contributed by atoms with Crippen LogP contribution in [0.25, 0.3) is 0 Å². The molecule has 1 heterocycles. The summed E-state index contributed by atoms with van der Waals surface area (Å²) in [4.78, 5) is 12.3. The first kappa shape index (κ1) is 16.6. The molecule has 6 heteroatoms. The molecule has 0 spiro atoms. The highest BCUT2D eigenvalue weighted by Gasteiger charge is 2.40. The topological polar surface area (TPSA) is 46.9 Å². The maximum Gasteiger partial charge on any atom is 0.225 e. The highest BCUT2D eigenvalue weighted by Crippen LogP contribution is 2.49. The monoisotopic (exact) mass is 361 g/mol. The molecular formula is C19H21ClFN3O. The van der Waals surface area contributed by atoms with E-state index in [-0.39, 0.29) is 11.7 Å². The van der Waals surface area contributed by atoms with Gasteiger partial charge in [-0.25, -0.2) is 4.39 Å². The fourth-order valence-electron chi connectivity index (χ4n) is 4.39. The predicted molar refractivity (Wildman–Crippen MR) is 94.9 cm³/mol. The van der Waals surface area contributed by atoms with Gasteiger partial charge in [-0.15, -0.1) is 0 Å². The summed E-state index contributed by atoms with van der Waals surface area (Å²) in [6.45, 7) is 0.474. The molecule has 132 valence electrons. The zero-order chi connectivity index (χ0) is 17.4. The van der Waals surface area contributed by atoms with Gasteiger partial charge in [-0.3, -0.25) is 9.48 Å². The van der Waals surface area contributed by atoms with Crippen LogP contribution in [-0.4, -0.2) is 15.7 Å². The minimum Gasteiger partial charge on any atom is -0.308 e. The summed E-state index contributed by atoms with van der Waals surface area (Å²) in [5, 5.41) is 7.62. The van der Waals surface area contributed by atoms with E-state index in [4.69, 9.17) is 11.6 Å². The van der Waals surface area contributed by atoms with Gasteiger partial charge in [-0.05, 0) is 54.7 Å². The molecule has 3 unspecified atom stereocenters. The van der Waals surface area contributed by atoms with E-state index in [0.717, 1.165) is 17.4 Å². The Morgan fingerprint density at radius 2 is 2.08 bits per heavy atom. The molecule has 1 N–H and O–H groups in total. The number of rotatable bonds is 5. The molecule has 2 bridgehead atoms. The molecule has 2 aromatic rings. The van der Waals surface area contributed by atoms with Crippen molar-refractivity contribution in [2.45, 2.75) is 38.6 Å². The molecular weight excluding hydrogens is 341 g/mol. The lowest BCUT2D eigenvalue weighted by Crippen LogP contribution is -2.20. The second-order valence-corrected chi connectivity index (χ2v) is 7.74. The van der Waals surface area contributed by atoms with Crippen LogP contribution < -0.4 is 5.32 Å². The van der Waals surface area contributed by atoms with Crippen LogP contribution in [0.15, 0.2) is 30.5 Å². The number of nitrogens with zero attached hydrogens (tertiary/aromatic N) is 2. The summed E-state index contributed by atoms with van der Waals surface area (Å²) in [6.07, 6.45) is 7.33. The van der Waals surface area contributed by atoms with Crippen LogP contribution in [0, 0.1) is 23.6 Å². The lowest BCUT2D eigenvalue weighted by Gasteiger charge is -2.20. The Labute approximate surface area is 151 Å². The number of halogens is 2. The third kappa shape index (κ3) is 3.71. The van der Waals surface area contributed by atoms with E-state index in [1.807, 2.05) is 0 Å². The van der Waals surface area contributed by atoms with Crippen molar-refractivity contribution in [3.8, 4) is 0 Å². The summed E-state index contributed by atoms with van der Waals surface area (Å²) < 4.78 is 14.6. The minimum atomic E-state index is -0.268. The largest absolute Gasteiger partial charge is 0.308 e. The molecule has 2 fully saturated rings. The maximum absolute atomic E-state index is 13.0. The van der Waals surface area contributed by atoms with Gasteiger partial charge in [0.05, 0.1) is 6.54 Å². The number of nitrogens with one attached hydrogen (secondary N) is 1. The van der Waals surface area contributed by atoms with Crippen LogP contribution in [0.1, 0.15) is 37.7 Å². The molecule has 1 amide bonds. The van der Waals surface area contributed by atoms with Crippen molar-refractivity contribution < 1.29 is 9.18 Å². The Morgan fingerprint density at radius 1 is 1.28 bits per heavy atom. The fraction of sp³-hybridized carbons (Fsp3) is 0.474. The number of carbonyl (C=O) groups excluding carboxylic acids is 1. The molecule has 2 aliphatic rings.